The van der Waals surface area contributed by atoms with E-state index in [1.165, 1.54) is 36.4 Å². The van der Waals surface area contributed by atoms with E-state index in [2.05, 4.69) is 21.3 Å². The molecule has 11 rings (SSSR count). The van der Waals surface area contributed by atoms with Crippen molar-refractivity contribution < 1.29 is 47.7 Å². The van der Waals surface area contributed by atoms with E-state index in [0.29, 0.717) is 69.1 Å². The van der Waals surface area contributed by atoms with Gasteiger partial charge in [-0.3, -0.25) is 28.8 Å². The first-order valence-corrected chi connectivity index (χ1v) is 29.2. The molecule has 4 N–H and O–H groups in total. The number of pyridine rings is 4. The summed E-state index contributed by atoms with van der Waals surface area (Å²) in [7, 11) is 0. The van der Waals surface area contributed by atoms with Crippen LogP contribution >= 0.6 is 0 Å². The number of benzene rings is 6. The number of para-hydroxylation sites is 2. The number of ether oxygens (including phenoxy) is 4. The topological polar surface area (TPSA) is 239 Å². The molecule has 6 aromatic carbocycles. The summed E-state index contributed by atoms with van der Waals surface area (Å²) in [5, 5.41) is 13.6. The van der Waals surface area contributed by atoms with E-state index in [-0.39, 0.29) is 115 Å². The van der Waals surface area contributed by atoms with Crippen molar-refractivity contribution in [3.05, 3.63) is 191 Å². The molecule has 0 fully saturated rings. The molecular formula is C70H64N8O10. The van der Waals surface area contributed by atoms with Gasteiger partial charge in [0.2, 0.25) is 0 Å². The Morgan fingerprint density at radius 2 is 0.625 bits per heavy atom. The van der Waals surface area contributed by atoms with Crippen LogP contribution in [0.25, 0.3) is 43.6 Å². The van der Waals surface area contributed by atoms with Crippen molar-refractivity contribution in [1.29, 1.82) is 0 Å². The first-order valence-electron chi connectivity index (χ1n) is 29.2. The number of hydrogen-bond donors (Lipinski definition) is 4. The van der Waals surface area contributed by atoms with Crippen LogP contribution < -0.4 is 40.2 Å². The lowest BCUT2D eigenvalue weighted by Gasteiger charge is -2.23. The molecule has 4 heterocycles. The van der Waals surface area contributed by atoms with Crippen molar-refractivity contribution in [3.63, 3.8) is 0 Å². The van der Waals surface area contributed by atoms with Crippen molar-refractivity contribution in [3.8, 4) is 23.0 Å². The van der Waals surface area contributed by atoms with Crippen LogP contribution in [0.4, 0.5) is 22.7 Å². The summed E-state index contributed by atoms with van der Waals surface area (Å²) in [4.78, 5) is 106. The Hall–Kier alpha value is -10.6. The number of ketones is 2. The monoisotopic (exact) mass is 1180 g/mol. The third kappa shape index (κ3) is 12.4. The number of aromatic nitrogens is 4. The number of carbonyl (C=O) groups excluding carboxylic acids is 6. The molecular weight excluding hydrogens is 1110 g/mol. The number of rotatable bonds is 20. The van der Waals surface area contributed by atoms with Gasteiger partial charge in [-0.05, 0) is 84.3 Å². The summed E-state index contributed by atoms with van der Waals surface area (Å²) in [6, 6.07) is 40.5. The predicted molar refractivity (Wildman–Crippen MR) is 340 cm³/mol. The van der Waals surface area contributed by atoms with E-state index in [0.717, 1.165) is 0 Å². The first kappa shape index (κ1) is 59.1. The van der Waals surface area contributed by atoms with E-state index < -0.39 is 35.2 Å². The second-order valence-electron chi connectivity index (χ2n) is 23.2. The number of carbonyl (C=O) groups is 6. The van der Waals surface area contributed by atoms with Crippen LogP contribution in [0.15, 0.2) is 146 Å². The lowest BCUT2D eigenvalue weighted by atomic mass is 9.82. The van der Waals surface area contributed by atoms with E-state index >= 15 is 0 Å². The van der Waals surface area contributed by atoms with Gasteiger partial charge >= 0.3 is 0 Å². The summed E-state index contributed by atoms with van der Waals surface area (Å²) < 4.78 is 25.3. The maximum atomic E-state index is 14.9. The molecule has 0 saturated heterocycles. The molecule has 18 nitrogen and oxygen atoms in total. The number of amides is 4. The van der Waals surface area contributed by atoms with Gasteiger partial charge in [-0.2, -0.15) is 0 Å². The molecule has 4 aromatic heterocycles. The van der Waals surface area contributed by atoms with E-state index in [9.17, 15) is 28.8 Å². The third-order valence-electron chi connectivity index (χ3n) is 14.2. The maximum absolute atomic E-state index is 14.9. The molecule has 0 unspecified atom stereocenters. The zero-order valence-electron chi connectivity index (χ0n) is 49.9. The summed E-state index contributed by atoms with van der Waals surface area (Å²) >= 11 is 0. The van der Waals surface area contributed by atoms with E-state index in [1.807, 2.05) is 91.8 Å². The minimum Gasteiger partial charge on any atom is -0.493 e. The Balaban J connectivity index is 0.939. The van der Waals surface area contributed by atoms with Crippen molar-refractivity contribution in [2.24, 2.45) is 23.7 Å². The largest absolute Gasteiger partial charge is 0.493 e. The average Bonchev–Trinajstić information content (AvgIpc) is 0.817. The van der Waals surface area contributed by atoms with Gasteiger partial charge in [0.1, 0.15) is 67.8 Å². The molecule has 0 bridgehead atoms. The molecule has 0 spiro atoms. The minimum absolute atomic E-state index is 0.0248. The average molecular weight is 1180 g/mol. The molecule has 10 aromatic rings. The predicted octanol–water partition coefficient (Wildman–Crippen LogP) is 13.8. The van der Waals surface area contributed by atoms with Crippen molar-refractivity contribution in [1.82, 2.24) is 19.9 Å². The van der Waals surface area contributed by atoms with E-state index in [4.69, 9.17) is 38.9 Å². The summed E-state index contributed by atoms with van der Waals surface area (Å²) in [5.74, 6) is -1.75. The smallest absolute Gasteiger partial charge is 0.274 e. The standard InChI is InChI=1S/C70H64N8O10/c1-37(2)33-85-55-29-51(67(81)71-41-17-11-9-12-18-41)73-61-43(55)25-27-45-57(87-35-39(5)6)31-53(75-63(45)61)69(83)77-49-23-15-21-47-59(49)65(79)48-22-16-24-50(60(48)66(47)80)78-70(84)54-32-58(88-36-40(7)8)46-28-26-44-56(86-34-38(3)4)30-52(74-62(44)64(46)76-54)68(82)72-42-19-13-10-14-20-42/h9-32,37-40H,33-36H2,1-8H3,(H,71,81)(H,72,82)(H,77,83)(H,78,84). The molecule has 88 heavy (non-hydrogen) atoms. The SMILES string of the molecule is CC(C)COc1cc(C(=O)Nc2ccccc2)nc2c1ccc1c(OCC(C)C)cc(C(=O)Nc3cccc4c3C(=O)c3cccc(NC(=O)c5cc(OCC(C)C)c6ccc7c(OCC(C)C)cc(C(=O)Nc8ccccc8)nc7c6n5)c3C4=O)nc12. The summed E-state index contributed by atoms with van der Waals surface area (Å²) in [6.45, 7) is 17.2. The van der Waals surface area contributed by atoms with Crippen molar-refractivity contribution in [2.75, 3.05) is 47.7 Å². The highest BCUT2D eigenvalue weighted by Gasteiger charge is 2.35. The lowest BCUT2D eigenvalue weighted by molar-refractivity contribution is 0.0977. The van der Waals surface area contributed by atoms with Gasteiger partial charge < -0.3 is 40.2 Å². The van der Waals surface area contributed by atoms with Crippen LogP contribution in [0.1, 0.15) is 129 Å². The highest BCUT2D eigenvalue weighted by atomic mass is 16.5. The molecule has 1 aliphatic carbocycles. The van der Waals surface area contributed by atoms with Gasteiger partial charge in [0.25, 0.3) is 23.6 Å². The Morgan fingerprint density at radius 3 is 0.898 bits per heavy atom. The number of anilines is 4. The zero-order valence-corrected chi connectivity index (χ0v) is 49.9. The highest BCUT2D eigenvalue weighted by Crippen LogP contribution is 2.40. The second-order valence-corrected chi connectivity index (χ2v) is 23.2. The molecule has 0 saturated carbocycles. The fourth-order valence-corrected chi connectivity index (χ4v) is 10.1. The van der Waals surface area contributed by atoms with Gasteiger partial charge in [0.05, 0.1) is 48.9 Å². The van der Waals surface area contributed by atoms with Crippen LogP contribution in [-0.2, 0) is 0 Å². The molecule has 0 aliphatic heterocycles. The van der Waals surface area contributed by atoms with Crippen LogP contribution in [0, 0.1) is 23.7 Å². The summed E-state index contributed by atoms with van der Waals surface area (Å²) in [5.41, 5.74) is 1.92. The maximum Gasteiger partial charge on any atom is 0.274 e. The number of nitrogens with one attached hydrogen (secondary N) is 4. The fraction of sp³-hybridized carbons (Fsp3) is 0.229. The van der Waals surface area contributed by atoms with Crippen molar-refractivity contribution >= 4 is 102 Å². The Kier molecular flexibility index (Phi) is 16.9. The number of nitrogens with zero attached hydrogens (tertiary/aromatic N) is 4. The van der Waals surface area contributed by atoms with Gasteiger partial charge in [-0.25, -0.2) is 19.9 Å². The summed E-state index contributed by atoms with van der Waals surface area (Å²) in [6.07, 6.45) is 0. The quantitative estimate of drug-likeness (QED) is 0.0519. The molecule has 1 aliphatic rings. The van der Waals surface area contributed by atoms with Crippen LogP contribution in [-0.4, -0.2) is 81.6 Å². The van der Waals surface area contributed by atoms with Gasteiger partial charge in [-0.15, -0.1) is 0 Å². The molecule has 18 heteroatoms. The molecule has 4 amide bonds. The van der Waals surface area contributed by atoms with Crippen LogP contribution in [0.5, 0.6) is 23.0 Å². The molecule has 444 valence electrons. The third-order valence-corrected chi connectivity index (χ3v) is 14.2. The zero-order chi connectivity index (χ0) is 61.9. The Morgan fingerprint density at radius 1 is 0.352 bits per heavy atom. The van der Waals surface area contributed by atoms with Gasteiger partial charge in [0, 0.05) is 68.3 Å². The minimum atomic E-state index is -0.739. The Bertz CT molecular complexity index is 4150. The Labute approximate surface area is 507 Å². The first-order chi connectivity index (χ1) is 42.4. The lowest BCUT2D eigenvalue weighted by Crippen LogP contribution is -2.26. The van der Waals surface area contributed by atoms with Gasteiger partial charge in [0.15, 0.2) is 11.6 Å². The normalized spacial score (nSPS) is 12.0. The van der Waals surface area contributed by atoms with Crippen LogP contribution in [0.2, 0.25) is 0 Å². The van der Waals surface area contributed by atoms with Crippen molar-refractivity contribution in [2.45, 2.75) is 55.4 Å². The van der Waals surface area contributed by atoms with Crippen LogP contribution in [0.3, 0.4) is 0 Å². The number of hydrogen-bond acceptors (Lipinski definition) is 14. The second kappa shape index (κ2) is 25.1. The van der Waals surface area contributed by atoms with Gasteiger partial charge in [-0.1, -0.05) is 116 Å². The highest BCUT2D eigenvalue weighted by molar-refractivity contribution is 6.33. The van der Waals surface area contributed by atoms with E-state index in [1.54, 1.807) is 72.8 Å². The molecule has 0 radical (unpaired) electrons. The number of fused-ring (bicyclic) bond motifs is 8. The fourth-order valence-electron chi connectivity index (χ4n) is 10.1. The molecule has 0 atom stereocenters.